The first-order chi connectivity index (χ1) is 8.59. The van der Waals surface area contributed by atoms with Gasteiger partial charge in [0.2, 0.25) is 0 Å². The third-order valence-corrected chi connectivity index (χ3v) is 3.46. The number of rotatable bonds is 6. The summed E-state index contributed by atoms with van der Waals surface area (Å²) in [5.74, 6) is -0.323. The molecule has 3 nitrogen and oxygen atoms in total. The molecule has 1 aromatic rings. The minimum atomic E-state index is -0.733. The van der Waals surface area contributed by atoms with Crippen LogP contribution in [0.25, 0.3) is 0 Å². The van der Waals surface area contributed by atoms with Gasteiger partial charge in [-0.15, -0.1) is 0 Å². The second kappa shape index (κ2) is 5.53. The number of benzene rings is 1. The van der Waals surface area contributed by atoms with Crippen molar-refractivity contribution in [3.63, 3.8) is 0 Å². The highest BCUT2D eigenvalue weighted by molar-refractivity contribution is 5.69. The van der Waals surface area contributed by atoms with E-state index in [0.29, 0.717) is 12.0 Å². The van der Waals surface area contributed by atoms with Crippen LogP contribution in [0.3, 0.4) is 0 Å². The standard InChI is InChI=1S/C15H21NO2/c1-11(2)15(12-6-4-3-5-7-12)16(10-14(17)18)13-8-9-13/h3-7,11,13,15H,8-10H2,1-2H3,(H,17,18). The van der Waals surface area contributed by atoms with Gasteiger partial charge in [0.1, 0.15) is 0 Å². The van der Waals surface area contributed by atoms with Crippen LogP contribution in [-0.4, -0.2) is 28.6 Å². The first kappa shape index (κ1) is 13.1. The Morgan fingerprint density at radius 2 is 1.94 bits per heavy atom. The van der Waals surface area contributed by atoms with Gasteiger partial charge in [0.25, 0.3) is 0 Å². The number of nitrogens with zero attached hydrogens (tertiary/aromatic N) is 1. The van der Waals surface area contributed by atoms with Crippen molar-refractivity contribution >= 4 is 5.97 Å². The Labute approximate surface area is 108 Å². The predicted molar refractivity (Wildman–Crippen MR) is 71.4 cm³/mol. The summed E-state index contributed by atoms with van der Waals surface area (Å²) < 4.78 is 0. The fraction of sp³-hybridized carbons (Fsp3) is 0.533. The minimum Gasteiger partial charge on any atom is -0.480 e. The highest BCUT2D eigenvalue weighted by Crippen LogP contribution is 2.37. The van der Waals surface area contributed by atoms with Crippen molar-refractivity contribution in [2.45, 2.75) is 38.8 Å². The molecule has 1 aromatic carbocycles. The second-order valence-corrected chi connectivity index (χ2v) is 5.40. The van der Waals surface area contributed by atoms with E-state index in [1.807, 2.05) is 18.2 Å². The quantitative estimate of drug-likeness (QED) is 0.840. The van der Waals surface area contributed by atoms with Crippen LogP contribution in [0.4, 0.5) is 0 Å². The molecule has 1 aliphatic carbocycles. The Morgan fingerprint density at radius 3 is 2.39 bits per heavy atom. The van der Waals surface area contributed by atoms with Gasteiger partial charge >= 0.3 is 5.97 Å². The molecule has 18 heavy (non-hydrogen) atoms. The lowest BCUT2D eigenvalue weighted by Gasteiger charge is -2.33. The highest BCUT2D eigenvalue weighted by Gasteiger charge is 2.36. The molecule has 1 unspecified atom stereocenters. The molecule has 1 N–H and O–H groups in total. The van der Waals surface area contributed by atoms with Crippen molar-refractivity contribution in [3.8, 4) is 0 Å². The molecular formula is C15H21NO2. The monoisotopic (exact) mass is 247 g/mol. The Hall–Kier alpha value is -1.35. The third-order valence-electron chi connectivity index (χ3n) is 3.46. The van der Waals surface area contributed by atoms with Gasteiger partial charge in [-0.1, -0.05) is 44.2 Å². The Morgan fingerprint density at radius 1 is 1.33 bits per heavy atom. The average molecular weight is 247 g/mol. The fourth-order valence-electron chi connectivity index (χ4n) is 2.63. The van der Waals surface area contributed by atoms with Crippen molar-refractivity contribution in [1.29, 1.82) is 0 Å². The Bertz CT molecular complexity index is 398. The molecule has 0 heterocycles. The smallest absolute Gasteiger partial charge is 0.317 e. The predicted octanol–water partition coefficient (Wildman–Crippen LogP) is 2.93. The van der Waals surface area contributed by atoms with Gasteiger partial charge in [0, 0.05) is 12.1 Å². The molecule has 0 radical (unpaired) electrons. The van der Waals surface area contributed by atoms with E-state index in [-0.39, 0.29) is 12.6 Å². The number of carboxylic acids is 1. The zero-order valence-corrected chi connectivity index (χ0v) is 11.0. The summed E-state index contributed by atoms with van der Waals surface area (Å²) >= 11 is 0. The van der Waals surface area contributed by atoms with Crippen molar-refractivity contribution in [3.05, 3.63) is 35.9 Å². The number of hydrogen-bond acceptors (Lipinski definition) is 2. The Kier molecular flexibility index (Phi) is 4.02. The molecule has 0 saturated heterocycles. The first-order valence-corrected chi connectivity index (χ1v) is 6.62. The van der Waals surface area contributed by atoms with Crippen LogP contribution < -0.4 is 0 Å². The zero-order chi connectivity index (χ0) is 13.1. The molecule has 2 rings (SSSR count). The Balaban J connectivity index is 2.24. The molecule has 1 saturated carbocycles. The highest BCUT2D eigenvalue weighted by atomic mass is 16.4. The lowest BCUT2D eigenvalue weighted by molar-refractivity contribution is -0.139. The number of aliphatic carboxylic acids is 1. The fourth-order valence-corrected chi connectivity index (χ4v) is 2.63. The molecule has 0 bridgehead atoms. The zero-order valence-electron chi connectivity index (χ0n) is 11.0. The average Bonchev–Trinajstić information content (AvgIpc) is 3.12. The number of carboxylic acid groups (broad SMARTS) is 1. The van der Waals surface area contributed by atoms with E-state index >= 15 is 0 Å². The summed E-state index contributed by atoms with van der Waals surface area (Å²) in [6.45, 7) is 4.46. The van der Waals surface area contributed by atoms with E-state index in [0.717, 1.165) is 12.8 Å². The maximum atomic E-state index is 11.1. The lowest BCUT2D eigenvalue weighted by atomic mass is 9.94. The van der Waals surface area contributed by atoms with E-state index in [4.69, 9.17) is 5.11 Å². The summed E-state index contributed by atoms with van der Waals surface area (Å²) in [5.41, 5.74) is 1.22. The molecule has 0 aromatic heterocycles. The first-order valence-electron chi connectivity index (χ1n) is 6.62. The minimum absolute atomic E-state index is 0.141. The maximum Gasteiger partial charge on any atom is 0.317 e. The van der Waals surface area contributed by atoms with Crippen LogP contribution in [0.2, 0.25) is 0 Å². The lowest BCUT2D eigenvalue weighted by Crippen LogP contribution is -2.37. The van der Waals surface area contributed by atoms with Crippen molar-refractivity contribution in [2.75, 3.05) is 6.54 Å². The van der Waals surface area contributed by atoms with Gasteiger partial charge in [0.05, 0.1) is 6.54 Å². The number of hydrogen-bond donors (Lipinski definition) is 1. The van der Waals surface area contributed by atoms with E-state index in [2.05, 4.69) is 30.9 Å². The van der Waals surface area contributed by atoms with Crippen LogP contribution in [0.5, 0.6) is 0 Å². The molecular weight excluding hydrogens is 226 g/mol. The van der Waals surface area contributed by atoms with Gasteiger partial charge < -0.3 is 5.11 Å². The van der Waals surface area contributed by atoms with Crippen LogP contribution in [0.15, 0.2) is 30.3 Å². The largest absolute Gasteiger partial charge is 0.480 e. The molecule has 1 atom stereocenters. The van der Waals surface area contributed by atoms with E-state index in [1.54, 1.807) is 0 Å². The number of carbonyl (C=O) groups is 1. The van der Waals surface area contributed by atoms with Gasteiger partial charge in [0.15, 0.2) is 0 Å². The summed E-state index contributed by atoms with van der Waals surface area (Å²) in [7, 11) is 0. The van der Waals surface area contributed by atoms with Gasteiger partial charge in [-0.05, 0) is 24.3 Å². The van der Waals surface area contributed by atoms with Crippen molar-refractivity contribution in [1.82, 2.24) is 4.90 Å². The van der Waals surface area contributed by atoms with Gasteiger partial charge in [-0.25, -0.2) is 0 Å². The molecule has 0 spiro atoms. The van der Waals surface area contributed by atoms with Crippen LogP contribution in [0, 0.1) is 5.92 Å². The molecule has 0 amide bonds. The van der Waals surface area contributed by atoms with E-state index in [9.17, 15) is 4.79 Å². The molecule has 1 aliphatic rings. The molecule has 1 fully saturated rings. The summed E-state index contributed by atoms with van der Waals surface area (Å²) in [4.78, 5) is 13.2. The van der Waals surface area contributed by atoms with Gasteiger partial charge in [-0.3, -0.25) is 9.69 Å². The third kappa shape index (κ3) is 3.10. The summed E-state index contributed by atoms with van der Waals surface area (Å²) in [6, 6.07) is 10.9. The van der Waals surface area contributed by atoms with E-state index in [1.165, 1.54) is 5.56 Å². The second-order valence-electron chi connectivity index (χ2n) is 5.40. The topological polar surface area (TPSA) is 40.5 Å². The van der Waals surface area contributed by atoms with E-state index < -0.39 is 5.97 Å². The van der Waals surface area contributed by atoms with Crippen LogP contribution in [0.1, 0.15) is 38.3 Å². The van der Waals surface area contributed by atoms with Crippen LogP contribution >= 0.6 is 0 Å². The summed E-state index contributed by atoms with van der Waals surface area (Å²) in [6.07, 6.45) is 2.26. The maximum absolute atomic E-state index is 11.1. The molecule has 3 heteroatoms. The van der Waals surface area contributed by atoms with Crippen molar-refractivity contribution in [2.24, 2.45) is 5.92 Å². The molecule has 0 aliphatic heterocycles. The summed E-state index contributed by atoms with van der Waals surface area (Å²) in [5, 5.41) is 9.10. The molecule has 98 valence electrons. The normalized spacial score (nSPS) is 17.1. The SMILES string of the molecule is CC(C)C(c1ccccc1)N(CC(=O)O)C1CC1. The van der Waals surface area contributed by atoms with Crippen molar-refractivity contribution < 1.29 is 9.90 Å². The van der Waals surface area contributed by atoms with Gasteiger partial charge in [-0.2, -0.15) is 0 Å². The van der Waals surface area contributed by atoms with Crippen LogP contribution in [-0.2, 0) is 4.79 Å².